The van der Waals surface area contributed by atoms with E-state index in [2.05, 4.69) is 0 Å². The van der Waals surface area contributed by atoms with Crippen molar-refractivity contribution < 1.29 is 9.53 Å². The molecule has 1 amide bonds. The second kappa shape index (κ2) is 6.29. The van der Waals surface area contributed by atoms with Crippen LogP contribution in [0.5, 0.6) is 0 Å². The van der Waals surface area contributed by atoms with Gasteiger partial charge in [-0.3, -0.25) is 4.79 Å². The Kier molecular flexibility index (Phi) is 4.39. The second-order valence-electron chi connectivity index (χ2n) is 5.29. The van der Waals surface area contributed by atoms with Crippen LogP contribution in [0.3, 0.4) is 0 Å². The molecule has 0 aromatic heterocycles. The van der Waals surface area contributed by atoms with Gasteiger partial charge in [0, 0.05) is 17.1 Å². The molecule has 114 valence electrons. The maximum absolute atomic E-state index is 12.0. The van der Waals surface area contributed by atoms with Crippen LogP contribution in [0, 0.1) is 0 Å². The summed E-state index contributed by atoms with van der Waals surface area (Å²) in [6.45, 7) is 0.0672. The number of carbonyl (C=O) groups is 1. The Morgan fingerprint density at radius 3 is 2.45 bits per heavy atom. The fraction of sp³-hybridized carbons (Fsp3) is 0.235. The molecule has 1 aliphatic rings. The minimum atomic E-state index is -0.262. The first-order valence-electron chi connectivity index (χ1n) is 6.94. The predicted octanol–water partition coefficient (Wildman–Crippen LogP) is 4.26. The molecule has 1 saturated heterocycles. The topological polar surface area (TPSA) is 29.5 Å². The van der Waals surface area contributed by atoms with Gasteiger partial charge in [-0.2, -0.15) is 0 Å². The number of ether oxygens (including phenoxy) is 1. The van der Waals surface area contributed by atoms with Crippen molar-refractivity contribution in [3.05, 3.63) is 69.7 Å². The Morgan fingerprint density at radius 2 is 1.77 bits per heavy atom. The van der Waals surface area contributed by atoms with Crippen LogP contribution in [-0.2, 0) is 9.53 Å². The maximum Gasteiger partial charge on any atom is 0.248 e. The average Bonchev–Trinajstić information content (AvgIpc) is 2.51. The maximum atomic E-state index is 12.0. The van der Waals surface area contributed by atoms with Crippen molar-refractivity contribution in [1.82, 2.24) is 4.90 Å². The molecule has 2 aromatic carbocycles. The van der Waals surface area contributed by atoms with E-state index < -0.39 is 0 Å². The van der Waals surface area contributed by atoms with Gasteiger partial charge in [0.25, 0.3) is 0 Å². The van der Waals surface area contributed by atoms with E-state index in [-0.39, 0.29) is 24.7 Å². The Morgan fingerprint density at radius 1 is 1.05 bits per heavy atom. The normalized spacial score (nSPS) is 22.0. The summed E-state index contributed by atoms with van der Waals surface area (Å²) < 4.78 is 5.82. The van der Waals surface area contributed by atoms with E-state index in [0.717, 1.165) is 11.1 Å². The predicted molar refractivity (Wildman–Crippen MR) is 87.1 cm³/mol. The molecule has 2 atom stereocenters. The average molecular weight is 336 g/mol. The summed E-state index contributed by atoms with van der Waals surface area (Å²) in [6, 6.07) is 14.8. The van der Waals surface area contributed by atoms with Crippen molar-refractivity contribution in [2.45, 2.75) is 12.1 Å². The van der Waals surface area contributed by atoms with Gasteiger partial charge < -0.3 is 9.64 Å². The van der Waals surface area contributed by atoms with E-state index >= 15 is 0 Å². The molecule has 1 fully saturated rings. The van der Waals surface area contributed by atoms with Crippen LogP contribution in [0.15, 0.2) is 48.5 Å². The van der Waals surface area contributed by atoms with Crippen LogP contribution in [-0.4, -0.2) is 24.5 Å². The van der Waals surface area contributed by atoms with E-state index in [0.29, 0.717) is 10.0 Å². The number of morpholine rings is 1. The lowest BCUT2D eigenvalue weighted by Crippen LogP contribution is -2.43. The van der Waals surface area contributed by atoms with Gasteiger partial charge in [0.1, 0.15) is 12.7 Å². The van der Waals surface area contributed by atoms with Gasteiger partial charge in [-0.15, -0.1) is 0 Å². The molecule has 1 heterocycles. The van der Waals surface area contributed by atoms with Crippen molar-refractivity contribution in [3.63, 3.8) is 0 Å². The first kappa shape index (κ1) is 15.3. The van der Waals surface area contributed by atoms with Crippen molar-refractivity contribution in [3.8, 4) is 0 Å². The first-order valence-corrected chi connectivity index (χ1v) is 7.70. The quantitative estimate of drug-likeness (QED) is 0.820. The molecule has 3 nitrogen and oxygen atoms in total. The molecule has 1 unspecified atom stereocenters. The lowest BCUT2D eigenvalue weighted by atomic mass is 9.93. The lowest BCUT2D eigenvalue weighted by molar-refractivity contribution is -0.155. The van der Waals surface area contributed by atoms with Crippen molar-refractivity contribution in [2.24, 2.45) is 0 Å². The SMILES string of the molecule is CN1C(=O)COC(c2cccc(Cl)c2)[C@@H]1c1ccc(Cl)cc1. The summed E-state index contributed by atoms with van der Waals surface area (Å²) in [6.07, 6.45) is -0.262. The van der Waals surface area contributed by atoms with Crippen molar-refractivity contribution in [1.29, 1.82) is 0 Å². The first-order chi connectivity index (χ1) is 10.6. The molecule has 2 aromatic rings. The lowest BCUT2D eigenvalue weighted by Gasteiger charge is -2.39. The number of hydrogen-bond acceptors (Lipinski definition) is 2. The molecule has 0 N–H and O–H groups in total. The smallest absolute Gasteiger partial charge is 0.248 e. The highest BCUT2D eigenvalue weighted by Crippen LogP contribution is 2.39. The van der Waals surface area contributed by atoms with Gasteiger partial charge in [-0.25, -0.2) is 0 Å². The Bertz CT molecular complexity index is 687. The summed E-state index contributed by atoms with van der Waals surface area (Å²) in [4.78, 5) is 13.8. The van der Waals surface area contributed by atoms with Gasteiger partial charge in [-0.1, -0.05) is 47.5 Å². The molecular weight excluding hydrogens is 321 g/mol. The van der Waals surface area contributed by atoms with E-state index in [4.69, 9.17) is 27.9 Å². The Hall–Kier alpha value is -1.55. The Balaban J connectivity index is 2.03. The largest absolute Gasteiger partial charge is 0.361 e. The number of hydrogen-bond donors (Lipinski definition) is 0. The third kappa shape index (κ3) is 2.98. The minimum Gasteiger partial charge on any atom is -0.361 e. The Labute approximate surface area is 139 Å². The van der Waals surface area contributed by atoms with Crippen molar-refractivity contribution in [2.75, 3.05) is 13.7 Å². The van der Waals surface area contributed by atoms with Crippen LogP contribution < -0.4 is 0 Å². The highest BCUT2D eigenvalue weighted by molar-refractivity contribution is 6.30. The zero-order chi connectivity index (χ0) is 15.7. The molecule has 0 saturated carbocycles. The highest BCUT2D eigenvalue weighted by Gasteiger charge is 2.36. The second-order valence-corrected chi connectivity index (χ2v) is 6.16. The number of halogens is 2. The minimum absolute atomic E-state index is 0.0433. The third-order valence-electron chi connectivity index (χ3n) is 3.87. The van der Waals surface area contributed by atoms with Crippen LogP contribution in [0.1, 0.15) is 23.3 Å². The molecule has 22 heavy (non-hydrogen) atoms. The van der Waals surface area contributed by atoms with Gasteiger partial charge in [0.05, 0.1) is 6.04 Å². The third-order valence-corrected chi connectivity index (χ3v) is 4.36. The van der Waals surface area contributed by atoms with Crippen molar-refractivity contribution >= 4 is 29.1 Å². The summed E-state index contributed by atoms with van der Waals surface area (Å²) in [5.41, 5.74) is 1.93. The number of carbonyl (C=O) groups excluding carboxylic acids is 1. The fourth-order valence-corrected chi connectivity index (χ4v) is 3.06. The highest BCUT2D eigenvalue weighted by atomic mass is 35.5. The molecule has 3 rings (SSSR count). The van der Waals surface area contributed by atoms with Crippen LogP contribution >= 0.6 is 23.2 Å². The van der Waals surface area contributed by atoms with Gasteiger partial charge in [-0.05, 0) is 35.4 Å². The molecule has 0 radical (unpaired) electrons. The van der Waals surface area contributed by atoms with Gasteiger partial charge >= 0.3 is 0 Å². The molecule has 0 aliphatic carbocycles. The summed E-state index contributed by atoms with van der Waals surface area (Å²) in [5.74, 6) is -0.0433. The summed E-state index contributed by atoms with van der Waals surface area (Å²) >= 11 is 12.1. The molecular formula is C17H15Cl2NO2. The zero-order valence-corrected chi connectivity index (χ0v) is 13.5. The summed E-state index contributed by atoms with van der Waals surface area (Å²) in [5, 5.41) is 1.31. The number of amides is 1. The monoisotopic (exact) mass is 335 g/mol. The standard InChI is InChI=1S/C17H15Cl2NO2/c1-20-15(21)10-22-17(12-3-2-4-14(19)9-12)16(20)11-5-7-13(18)8-6-11/h2-9,16-17H,10H2,1H3/t16-,17?/m0/s1. The van der Waals surface area contributed by atoms with Crippen LogP contribution in [0.2, 0.25) is 10.0 Å². The van der Waals surface area contributed by atoms with Crippen LogP contribution in [0.4, 0.5) is 0 Å². The van der Waals surface area contributed by atoms with E-state index in [1.54, 1.807) is 11.9 Å². The fourth-order valence-electron chi connectivity index (χ4n) is 2.73. The summed E-state index contributed by atoms with van der Waals surface area (Å²) in [7, 11) is 1.79. The molecule has 0 spiro atoms. The van der Waals surface area contributed by atoms with Crippen LogP contribution in [0.25, 0.3) is 0 Å². The van der Waals surface area contributed by atoms with E-state index in [1.165, 1.54) is 0 Å². The number of benzene rings is 2. The number of likely N-dealkylation sites (N-methyl/N-ethyl adjacent to an activating group) is 1. The number of nitrogens with zero attached hydrogens (tertiary/aromatic N) is 1. The molecule has 5 heteroatoms. The van der Waals surface area contributed by atoms with Gasteiger partial charge in [0.15, 0.2) is 0 Å². The van der Waals surface area contributed by atoms with Gasteiger partial charge in [0.2, 0.25) is 5.91 Å². The molecule has 1 aliphatic heterocycles. The van der Waals surface area contributed by atoms with E-state index in [1.807, 2.05) is 48.5 Å². The van der Waals surface area contributed by atoms with E-state index in [9.17, 15) is 4.79 Å². The number of rotatable bonds is 2. The zero-order valence-electron chi connectivity index (χ0n) is 12.0. The molecule has 0 bridgehead atoms.